The van der Waals surface area contributed by atoms with Crippen LogP contribution in [-0.4, -0.2) is 37.7 Å². The van der Waals surface area contributed by atoms with Gasteiger partial charge in [0.05, 0.1) is 11.6 Å². The summed E-state index contributed by atoms with van der Waals surface area (Å²) in [5.74, 6) is 0. The fourth-order valence-electron chi connectivity index (χ4n) is 2.29. The molecule has 0 aliphatic carbocycles. The maximum absolute atomic E-state index is 6.16. The number of rotatable bonds is 3. The van der Waals surface area contributed by atoms with Crippen molar-refractivity contribution in [2.24, 2.45) is 5.73 Å². The van der Waals surface area contributed by atoms with Gasteiger partial charge in [0.1, 0.15) is 0 Å². The van der Waals surface area contributed by atoms with Crippen LogP contribution in [0.4, 0.5) is 0 Å². The molecule has 1 fully saturated rings. The van der Waals surface area contributed by atoms with Crippen LogP contribution < -0.4 is 5.73 Å². The molecule has 1 atom stereocenters. The Balaban J connectivity index is 2.17. The zero-order chi connectivity index (χ0) is 13.0. The summed E-state index contributed by atoms with van der Waals surface area (Å²) in [5.41, 5.74) is 7.11. The third-order valence-electron chi connectivity index (χ3n) is 3.25. The molecule has 5 heteroatoms. The van der Waals surface area contributed by atoms with Gasteiger partial charge in [-0.1, -0.05) is 17.7 Å². The maximum Gasteiger partial charge on any atom is 0.0593 e. The van der Waals surface area contributed by atoms with Crippen molar-refractivity contribution >= 4 is 27.5 Å². The van der Waals surface area contributed by atoms with E-state index in [4.69, 9.17) is 22.1 Å². The number of halogens is 2. The van der Waals surface area contributed by atoms with E-state index in [1.165, 1.54) is 5.56 Å². The monoisotopic (exact) mass is 332 g/mol. The van der Waals surface area contributed by atoms with E-state index in [-0.39, 0.29) is 6.04 Å². The van der Waals surface area contributed by atoms with E-state index in [1.807, 2.05) is 12.1 Å². The smallest absolute Gasteiger partial charge is 0.0593 e. The molecule has 1 aromatic carbocycles. The van der Waals surface area contributed by atoms with E-state index in [9.17, 15) is 0 Å². The lowest BCUT2D eigenvalue weighted by molar-refractivity contribution is 0.132. The predicted molar refractivity (Wildman–Crippen MR) is 78.0 cm³/mol. The van der Waals surface area contributed by atoms with Crippen LogP contribution in [-0.2, 0) is 4.74 Å². The number of nitrogens with zero attached hydrogens (tertiary/aromatic N) is 1. The fraction of sp³-hybridized carbons (Fsp3) is 0.538. The van der Waals surface area contributed by atoms with Gasteiger partial charge >= 0.3 is 0 Å². The van der Waals surface area contributed by atoms with Gasteiger partial charge in [-0.3, -0.25) is 4.90 Å². The summed E-state index contributed by atoms with van der Waals surface area (Å²) in [7, 11) is 0. The van der Waals surface area contributed by atoms with Gasteiger partial charge < -0.3 is 10.5 Å². The molecule has 1 saturated heterocycles. The Labute approximate surface area is 121 Å². The first-order chi connectivity index (χ1) is 8.72. The lowest BCUT2D eigenvalue weighted by Crippen LogP contribution is -2.35. The van der Waals surface area contributed by atoms with Crippen LogP contribution in [0, 0.1) is 0 Å². The van der Waals surface area contributed by atoms with Gasteiger partial charge in [0.15, 0.2) is 0 Å². The van der Waals surface area contributed by atoms with Gasteiger partial charge in [0, 0.05) is 36.8 Å². The molecule has 0 spiro atoms. The highest BCUT2D eigenvalue weighted by molar-refractivity contribution is 9.10. The molecule has 18 heavy (non-hydrogen) atoms. The molecule has 0 aromatic heterocycles. The molecule has 0 bridgehead atoms. The molecule has 100 valence electrons. The van der Waals surface area contributed by atoms with Gasteiger partial charge in [-0.2, -0.15) is 0 Å². The van der Waals surface area contributed by atoms with Crippen LogP contribution in [0.25, 0.3) is 0 Å². The van der Waals surface area contributed by atoms with E-state index in [0.29, 0.717) is 6.54 Å². The van der Waals surface area contributed by atoms with Crippen LogP contribution in [0.15, 0.2) is 22.7 Å². The Morgan fingerprint density at radius 2 is 2.22 bits per heavy atom. The van der Waals surface area contributed by atoms with E-state index in [2.05, 4.69) is 26.9 Å². The van der Waals surface area contributed by atoms with Gasteiger partial charge in [-0.15, -0.1) is 0 Å². The molecule has 2 rings (SSSR count). The van der Waals surface area contributed by atoms with Crippen LogP contribution in [0.2, 0.25) is 5.02 Å². The molecule has 0 amide bonds. The molecule has 3 nitrogen and oxygen atoms in total. The Kier molecular flexibility index (Phi) is 5.45. The van der Waals surface area contributed by atoms with Crippen molar-refractivity contribution in [3.63, 3.8) is 0 Å². The molecule has 1 unspecified atom stereocenters. The van der Waals surface area contributed by atoms with Gasteiger partial charge in [-0.05, 0) is 40.0 Å². The van der Waals surface area contributed by atoms with E-state index in [1.54, 1.807) is 0 Å². The van der Waals surface area contributed by atoms with Crippen LogP contribution in [0.1, 0.15) is 18.0 Å². The number of ether oxygens (including phenoxy) is 1. The molecule has 1 aliphatic heterocycles. The molecule has 1 aliphatic rings. The zero-order valence-corrected chi connectivity index (χ0v) is 12.6. The normalized spacial score (nSPS) is 19.5. The minimum atomic E-state index is 0.220. The van der Waals surface area contributed by atoms with Crippen LogP contribution >= 0.6 is 27.5 Å². The lowest BCUT2D eigenvalue weighted by atomic mass is 10.1. The number of benzene rings is 1. The highest BCUT2D eigenvalue weighted by Gasteiger charge is 2.20. The largest absolute Gasteiger partial charge is 0.380 e. The number of hydrogen-bond donors (Lipinski definition) is 1. The van der Waals surface area contributed by atoms with Crippen molar-refractivity contribution in [1.29, 1.82) is 0 Å². The summed E-state index contributed by atoms with van der Waals surface area (Å²) in [4.78, 5) is 2.38. The molecule has 0 radical (unpaired) electrons. The second kappa shape index (κ2) is 6.87. The first kappa shape index (κ1) is 14.3. The van der Waals surface area contributed by atoms with Gasteiger partial charge in [0.2, 0.25) is 0 Å². The lowest BCUT2D eigenvalue weighted by Gasteiger charge is -2.29. The fourth-order valence-corrected chi connectivity index (χ4v) is 2.73. The van der Waals surface area contributed by atoms with Crippen molar-refractivity contribution < 1.29 is 4.74 Å². The summed E-state index contributed by atoms with van der Waals surface area (Å²) >= 11 is 9.57. The quantitative estimate of drug-likeness (QED) is 0.924. The Bertz CT molecular complexity index is 395. The first-order valence-corrected chi connectivity index (χ1v) is 7.36. The highest BCUT2D eigenvalue weighted by atomic mass is 79.9. The molecule has 1 heterocycles. The van der Waals surface area contributed by atoms with Gasteiger partial charge in [0.25, 0.3) is 0 Å². The summed E-state index contributed by atoms with van der Waals surface area (Å²) < 4.78 is 6.40. The summed E-state index contributed by atoms with van der Waals surface area (Å²) in [6.45, 7) is 4.17. The van der Waals surface area contributed by atoms with Crippen molar-refractivity contribution in [3.05, 3.63) is 33.3 Å². The van der Waals surface area contributed by atoms with Crippen LogP contribution in [0.5, 0.6) is 0 Å². The third-order valence-corrected chi connectivity index (χ3v) is 4.48. The standard InChI is InChI=1S/C13H18BrClN2O/c14-11-3-2-10(8-12(11)15)13(9-16)17-4-1-6-18-7-5-17/h2-3,8,13H,1,4-7,9,16H2. The highest BCUT2D eigenvalue weighted by Crippen LogP contribution is 2.28. The molecule has 0 saturated carbocycles. The Hall–Kier alpha value is -0.130. The summed E-state index contributed by atoms with van der Waals surface area (Å²) in [6.07, 6.45) is 1.06. The average Bonchev–Trinajstić information content (AvgIpc) is 2.64. The molecular formula is C13H18BrClN2O. The summed E-state index contributed by atoms with van der Waals surface area (Å²) in [6, 6.07) is 6.28. The Morgan fingerprint density at radius 3 is 2.94 bits per heavy atom. The van der Waals surface area contributed by atoms with E-state index >= 15 is 0 Å². The van der Waals surface area contributed by atoms with E-state index < -0.39 is 0 Å². The van der Waals surface area contributed by atoms with E-state index in [0.717, 1.165) is 42.2 Å². The number of nitrogens with two attached hydrogens (primary N) is 1. The maximum atomic E-state index is 6.16. The van der Waals surface area contributed by atoms with Crippen molar-refractivity contribution in [1.82, 2.24) is 4.90 Å². The molecule has 2 N–H and O–H groups in total. The average molecular weight is 334 g/mol. The third kappa shape index (κ3) is 3.45. The summed E-state index contributed by atoms with van der Waals surface area (Å²) in [5, 5.41) is 0.733. The van der Waals surface area contributed by atoms with Crippen molar-refractivity contribution in [2.75, 3.05) is 32.8 Å². The zero-order valence-electron chi connectivity index (χ0n) is 10.2. The van der Waals surface area contributed by atoms with Crippen LogP contribution in [0.3, 0.4) is 0 Å². The molecular weight excluding hydrogens is 316 g/mol. The predicted octanol–water partition coefficient (Wildman–Crippen LogP) is 2.82. The second-order valence-corrected chi connectivity index (χ2v) is 5.69. The Morgan fingerprint density at radius 1 is 1.39 bits per heavy atom. The minimum Gasteiger partial charge on any atom is -0.380 e. The molecule has 1 aromatic rings. The van der Waals surface area contributed by atoms with Gasteiger partial charge in [-0.25, -0.2) is 0 Å². The second-order valence-electron chi connectivity index (χ2n) is 4.43. The first-order valence-electron chi connectivity index (χ1n) is 6.19. The van der Waals surface area contributed by atoms with Crippen molar-refractivity contribution in [2.45, 2.75) is 12.5 Å². The topological polar surface area (TPSA) is 38.5 Å². The minimum absolute atomic E-state index is 0.220. The number of hydrogen-bond acceptors (Lipinski definition) is 3. The van der Waals surface area contributed by atoms with Crippen molar-refractivity contribution in [3.8, 4) is 0 Å². The SMILES string of the molecule is NCC(c1ccc(Br)c(Cl)c1)N1CCCOCC1.